The van der Waals surface area contributed by atoms with Crippen molar-refractivity contribution in [3.05, 3.63) is 18.2 Å². The van der Waals surface area contributed by atoms with Crippen LogP contribution in [-0.2, 0) is 13.5 Å². The molecule has 1 aromatic rings. The van der Waals surface area contributed by atoms with E-state index < -0.39 is 0 Å². The van der Waals surface area contributed by atoms with Gasteiger partial charge in [-0.05, 0) is 17.8 Å². The van der Waals surface area contributed by atoms with E-state index in [9.17, 15) is 0 Å². The smallest absolute Gasteiger partial charge is 0.108 e. The SMILES string of the molecule is CC(C)NCC(C)(CCc1nccn1C)C(C)C. The Kier molecular flexibility index (Phi) is 5.39. The van der Waals surface area contributed by atoms with Gasteiger partial charge in [0.1, 0.15) is 5.82 Å². The number of nitrogens with one attached hydrogen (secondary N) is 1. The van der Waals surface area contributed by atoms with E-state index >= 15 is 0 Å². The number of aromatic nitrogens is 2. The Morgan fingerprint density at radius 2 is 2.00 bits per heavy atom. The van der Waals surface area contributed by atoms with Crippen molar-refractivity contribution < 1.29 is 0 Å². The van der Waals surface area contributed by atoms with Crippen LogP contribution in [0.15, 0.2) is 12.4 Å². The lowest BCUT2D eigenvalue weighted by molar-refractivity contribution is 0.185. The predicted octanol–water partition coefficient (Wildman–Crippen LogP) is 3.01. The normalized spacial score (nSPS) is 15.3. The first-order chi connectivity index (χ1) is 8.35. The third kappa shape index (κ3) is 4.13. The van der Waals surface area contributed by atoms with E-state index in [1.165, 1.54) is 12.2 Å². The molecule has 0 aliphatic rings. The lowest BCUT2D eigenvalue weighted by Crippen LogP contribution is -2.39. The Labute approximate surface area is 112 Å². The van der Waals surface area contributed by atoms with E-state index in [1.54, 1.807) is 0 Å². The van der Waals surface area contributed by atoms with Gasteiger partial charge >= 0.3 is 0 Å². The Balaban J connectivity index is 2.59. The fourth-order valence-electron chi connectivity index (χ4n) is 2.05. The highest BCUT2D eigenvalue weighted by atomic mass is 15.0. The van der Waals surface area contributed by atoms with Crippen LogP contribution in [0.2, 0.25) is 0 Å². The summed E-state index contributed by atoms with van der Waals surface area (Å²) in [6.45, 7) is 12.5. The van der Waals surface area contributed by atoms with Crippen LogP contribution in [0.4, 0.5) is 0 Å². The summed E-state index contributed by atoms with van der Waals surface area (Å²) in [4.78, 5) is 4.42. The van der Waals surface area contributed by atoms with Gasteiger partial charge in [0.25, 0.3) is 0 Å². The molecule has 0 radical (unpaired) electrons. The summed E-state index contributed by atoms with van der Waals surface area (Å²) in [7, 11) is 2.07. The predicted molar refractivity (Wildman–Crippen MR) is 77.6 cm³/mol. The van der Waals surface area contributed by atoms with E-state index in [2.05, 4.69) is 56.5 Å². The molecule has 1 atom stereocenters. The summed E-state index contributed by atoms with van der Waals surface area (Å²) in [5.41, 5.74) is 0.330. The fourth-order valence-corrected chi connectivity index (χ4v) is 2.05. The molecule has 1 N–H and O–H groups in total. The zero-order chi connectivity index (χ0) is 13.8. The third-order valence-corrected chi connectivity index (χ3v) is 4.15. The van der Waals surface area contributed by atoms with Gasteiger partial charge in [-0.2, -0.15) is 0 Å². The third-order valence-electron chi connectivity index (χ3n) is 4.15. The van der Waals surface area contributed by atoms with Gasteiger partial charge in [0.05, 0.1) is 0 Å². The molecule has 1 unspecified atom stereocenters. The highest BCUT2D eigenvalue weighted by Gasteiger charge is 2.28. The number of imidazole rings is 1. The van der Waals surface area contributed by atoms with Crippen molar-refractivity contribution in [2.75, 3.05) is 6.54 Å². The molecule has 0 aliphatic heterocycles. The largest absolute Gasteiger partial charge is 0.338 e. The van der Waals surface area contributed by atoms with Crippen LogP contribution < -0.4 is 5.32 Å². The highest BCUT2D eigenvalue weighted by Crippen LogP contribution is 2.31. The van der Waals surface area contributed by atoms with E-state index in [0.717, 1.165) is 13.0 Å². The van der Waals surface area contributed by atoms with E-state index in [0.29, 0.717) is 17.4 Å². The summed E-state index contributed by atoms with van der Waals surface area (Å²) < 4.78 is 2.12. The van der Waals surface area contributed by atoms with Gasteiger partial charge in [-0.15, -0.1) is 0 Å². The van der Waals surface area contributed by atoms with Gasteiger partial charge in [-0.25, -0.2) is 4.98 Å². The maximum Gasteiger partial charge on any atom is 0.108 e. The van der Waals surface area contributed by atoms with Gasteiger partial charge in [0.2, 0.25) is 0 Å². The molecule has 0 saturated heterocycles. The highest BCUT2D eigenvalue weighted by molar-refractivity contribution is 4.94. The van der Waals surface area contributed by atoms with Crippen molar-refractivity contribution in [1.29, 1.82) is 0 Å². The van der Waals surface area contributed by atoms with Gasteiger partial charge in [0.15, 0.2) is 0 Å². The van der Waals surface area contributed by atoms with Gasteiger partial charge in [-0.3, -0.25) is 0 Å². The Morgan fingerprint density at radius 3 is 2.44 bits per heavy atom. The first-order valence-electron chi connectivity index (χ1n) is 7.05. The van der Waals surface area contributed by atoms with Crippen molar-refractivity contribution in [3.63, 3.8) is 0 Å². The van der Waals surface area contributed by atoms with Crippen LogP contribution in [0.3, 0.4) is 0 Å². The second-order valence-corrected chi connectivity index (χ2v) is 6.30. The minimum Gasteiger partial charge on any atom is -0.338 e. The molecular formula is C15H29N3. The number of hydrogen-bond acceptors (Lipinski definition) is 2. The summed E-state index contributed by atoms with van der Waals surface area (Å²) >= 11 is 0. The molecule has 0 aromatic carbocycles. The van der Waals surface area contributed by atoms with Crippen LogP contribution in [0.25, 0.3) is 0 Å². The Bertz CT molecular complexity index is 354. The fraction of sp³-hybridized carbons (Fsp3) is 0.800. The summed E-state index contributed by atoms with van der Waals surface area (Å²) in [6, 6.07) is 0.552. The summed E-state index contributed by atoms with van der Waals surface area (Å²) in [5.74, 6) is 1.86. The zero-order valence-electron chi connectivity index (χ0n) is 12.8. The van der Waals surface area contributed by atoms with Crippen LogP contribution in [0.1, 0.15) is 46.9 Å². The molecule has 0 spiro atoms. The molecular weight excluding hydrogens is 222 g/mol. The molecule has 1 heterocycles. The first kappa shape index (κ1) is 15.2. The minimum atomic E-state index is 0.330. The molecule has 0 amide bonds. The van der Waals surface area contributed by atoms with Crippen LogP contribution >= 0.6 is 0 Å². The van der Waals surface area contributed by atoms with E-state index in [4.69, 9.17) is 0 Å². The van der Waals surface area contributed by atoms with Crippen molar-refractivity contribution in [2.24, 2.45) is 18.4 Å². The van der Waals surface area contributed by atoms with Gasteiger partial charge in [0, 0.05) is 38.4 Å². The van der Waals surface area contributed by atoms with E-state index in [1.807, 2.05) is 12.4 Å². The van der Waals surface area contributed by atoms with Gasteiger partial charge < -0.3 is 9.88 Å². The molecule has 1 aromatic heterocycles. The van der Waals surface area contributed by atoms with Crippen LogP contribution in [-0.4, -0.2) is 22.1 Å². The summed E-state index contributed by atoms with van der Waals surface area (Å²) in [5, 5.41) is 3.58. The number of nitrogens with zero attached hydrogens (tertiary/aromatic N) is 2. The average Bonchev–Trinajstić information content (AvgIpc) is 2.69. The molecule has 18 heavy (non-hydrogen) atoms. The number of aryl methyl sites for hydroxylation is 2. The maximum absolute atomic E-state index is 4.42. The molecule has 104 valence electrons. The molecule has 0 aliphatic carbocycles. The van der Waals surface area contributed by atoms with Crippen molar-refractivity contribution >= 4 is 0 Å². The molecule has 1 rings (SSSR count). The van der Waals surface area contributed by atoms with Crippen LogP contribution in [0.5, 0.6) is 0 Å². The number of rotatable bonds is 7. The molecule has 0 fully saturated rings. The summed E-state index contributed by atoms with van der Waals surface area (Å²) in [6.07, 6.45) is 6.13. The maximum atomic E-state index is 4.42. The Morgan fingerprint density at radius 1 is 1.33 bits per heavy atom. The van der Waals surface area contributed by atoms with Gasteiger partial charge in [-0.1, -0.05) is 34.6 Å². The first-order valence-corrected chi connectivity index (χ1v) is 7.05. The quantitative estimate of drug-likeness (QED) is 0.807. The number of hydrogen-bond donors (Lipinski definition) is 1. The molecule has 3 nitrogen and oxygen atoms in total. The molecule has 0 bridgehead atoms. The van der Waals surface area contributed by atoms with Crippen LogP contribution in [0, 0.1) is 11.3 Å². The second kappa shape index (κ2) is 6.37. The lowest BCUT2D eigenvalue weighted by Gasteiger charge is -2.35. The second-order valence-electron chi connectivity index (χ2n) is 6.30. The van der Waals surface area contributed by atoms with E-state index in [-0.39, 0.29) is 0 Å². The Hall–Kier alpha value is -0.830. The minimum absolute atomic E-state index is 0.330. The van der Waals surface area contributed by atoms with Crippen molar-refractivity contribution in [1.82, 2.24) is 14.9 Å². The molecule has 3 heteroatoms. The zero-order valence-corrected chi connectivity index (χ0v) is 12.8. The van der Waals surface area contributed by atoms with Crippen molar-refractivity contribution in [2.45, 2.75) is 53.5 Å². The average molecular weight is 251 g/mol. The molecule has 0 saturated carbocycles. The monoisotopic (exact) mass is 251 g/mol. The lowest BCUT2D eigenvalue weighted by atomic mass is 9.75. The standard InChI is InChI=1S/C15H29N3/c1-12(2)15(5,11-17-13(3)4)8-7-14-16-9-10-18(14)6/h9-10,12-13,17H,7-8,11H2,1-6H3. The topological polar surface area (TPSA) is 29.9 Å². The van der Waals surface area contributed by atoms with Crippen molar-refractivity contribution in [3.8, 4) is 0 Å².